The zero-order chi connectivity index (χ0) is 15.0. The number of hydrogen-bond acceptors (Lipinski definition) is 4. The number of aromatic nitrogens is 1. The van der Waals surface area contributed by atoms with E-state index in [2.05, 4.69) is 10.3 Å². The molecule has 110 valence electrons. The summed E-state index contributed by atoms with van der Waals surface area (Å²) < 4.78 is 13.3. The molecular formula is C15H15FN2O2S. The Hall–Kier alpha value is -1.95. The molecule has 4 nitrogen and oxygen atoms in total. The van der Waals surface area contributed by atoms with Crippen molar-refractivity contribution in [3.05, 3.63) is 40.2 Å². The highest BCUT2D eigenvalue weighted by Gasteiger charge is 2.29. The lowest BCUT2D eigenvalue weighted by Gasteiger charge is -2.16. The molecule has 0 bridgehead atoms. The predicted octanol–water partition coefficient (Wildman–Crippen LogP) is 3.84. The quantitative estimate of drug-likeness (QED) is 0.904. The summed E-state index contributed by atoms with van der Waals surface area (Å²) in [6.07, 6.45) is 2.39. The molecule has 6 heteroatoms. The fourth-order valence-electron chi connectivity index (χ4n) is 2.56. The lowest BCUT2D eigenvalue weighted by molar-refractivity contribution is -0.139. The number of aliphatic carboxylic acids is 1. The van der Waals surface area contributed by atoms with Crippen molar-refractivity contribution in [3.63, 3.8) is 0 Å². The summed E-state index contributed by atoms with van der Waals surface area (Å²) in [5.41, 5.74) is 2.00. The van der Waals surface area contributed by atoms with Crippen LogP contribution in [0.3, 0.4) is 0 Å². The Labute approximate surface area is 125 Å². The standard InChI is InChI=1S/C15H15FN2O2S/c1-8-7-9(5-6-11(8)16)17-15-18-13-10(14(19)20)3-2-4-12(13)21-15/h5-7,10H,2-4H2,1H3,(H,17,18)(H,19,20). The van der Waals surface area contributed by atoms with E-state index in [0.717, 1.165) is 23.4 Å². The Bertz CT molecular complexity index is 699. The predicted molar refractivity (Wildman–Crippen MR) is 79.8 cm³/mol. The van der Waals surface area contributed by atoms with Gasteiger partial charge in [0.15, 0.2) is 5.13 Å². The van der Waals surface area contributed by atoms with Crippen LogP contribution in [0.25, 0.3) is 0 Å². The Morgan fingerprint density at radius 3 is 3.05 bits per heavy atom. The third-order valence-corrected chi connectivity index (χ3v) is 4.71. The normalized spacial score (nSPS) is 17.3. The SMILES string of the molecule is Cc1cc(Nc2nc3c(s2)CCCC3C(=O)O)ccc1F. The molecule has 1 aromatic heterocycles. The number of fused-ring (bicyclic) bond motifs is 1. The van der Waals surface area contributed by atoms with Gasteiger partial charge in [-0.15, -0.1) is 11.3 Å². The highest BCUT2D eigenvalue weighted by atomic mass is 32.1. The smallest absolute Gasteiger partial charge is 0.312 e. The minimum Gasteiger partial charge on any atom is -0.481 e. The van der Waals surface area contributed by atoms with Gasteiger partial charge in [-0.2, -0.15) is 0 Å². The Kier molecular flexibility index (Phi) is 3.63. The highest BCUT2D eigenvalue weighted by molar-refractivity contribution is 7.15. The molecule has 0 radical (unpaired) electrons. The summed E-state index contributed by atoms with van der Waals surface area (Å²) in [7, 11) is 0. The van der Waals surface area contributed by atoms with Gasteiger partial charge in [0, 0.05) is 10.6 Å². The maximum absolute atomic E-state index is 13.3. The van der Waals surface area contributed by atoms with Crippen LogP contribution in [0, 0.1) is 12.7 Å². The Balaban J connectivity index is 1.87. The number of benzene rings is 1. The van der Waals surface area contributed by atoms with Gasteiger partial charge in [0.2, 0.25) is 0 Å². The van der Waals surface area contributed by atoms with Crippen LogP contribution < -0.4 is 5.32 Å². The molecule has 1 aromatic carbocycles. The van der Waals surface area contributed by atoms with Gasteiger partial charge in [0.25, 0.3) is 0 Å². The first kappa shape index (κ1) is 14.0. The number of halogens is 1. The average Bonchev–Trinajstić information content (AvgIpc) is 2.84. The van der Waals surface area contributed by atoms with Crippen LogP contribution in [0.2, 0.25) is 0 Å². The molecule has 0 spiro atoms. The van der Waals surface area contributed by atoms with Crippen LogP contribution >= 0.6 is 11.3 Å². The summed E-state index contributed by atoms with van der Waals surface area (Å²) in [6, 6.07) is 4.77. The number of carboxylic acid groups (broad SMARTS) is 1. The molecule has 0 saturated carbocycles. The van der Waals surface area contributed by atoms with Gasteiger partial charge in [-0.1, -0.05) is 0 Å². The fourth-order valence-corrected chi connectivity index (χ4v) is 3.64. The largest absolute Gasteiger partial charge is 0.481 e. The molecule has 0 aliphatic heterocycles. The van der Waals surface area contributed by atoms with Gasteiger partial charge in [-0.25, -0.2) is 9.37 Å². The minimum absolute atomic E-state index is 0.245. The second-order valence-electron chi connectivity index (χ2n) is 5.20. The maximum Gasteiger partial charge on any atom is 0.312 e. The van der Waals surface area contributed by atoms with Gasteiger partial charge < -0.3 is 10.4 Å². The molecule has 1 aliphatic rings. The molecule has 1 unspecified atom stereocenters. The lowest BCUT2D eigenvalue weighted by Crippen LogP contribution is -2.17. The summed E-state index contributed by atoms with van der Waals surface area (Å²) in [6.45, 7) is 1.70. The molecule has 1 atom stereocenters. The minimum atomic E-state index is -0.814. The van der Waals surface area contributed by atoms with E-state index in [1.165, 1.54) is 17.4 Å². The van der Waals surface area contributed by atoms with Gasteiger partial charge in [0.05, 0.1) is 5.69 Å². The zero-order valence-corrected chi connectivity index (χ0v) is 12.3. The van der Waals surface area contributed by atoms with Crippen LogP contribution in [0.4, 0.5) is 15.2 Å². The van der Waals surface area contributed by atoms with Crippen LogP contribution in [0.5, 0.6) is 0 Å². The maximum atomic E-state index is 13.3. The first-order valence-electron chi connectivity index (χ1n) is 6.80. The Morgan fingerprint density at radius 1 is 1.52 bits per heavy atom. The second-order valence-corrected chi connectivity index (χ2v) is 6.28. The van der Waals surface area contributed by atoms with Gasteiger partial charge in [-0.05, 0) is 49.9 Å². The summed E-state index contributed by atoms with van der Waals surface area (Å²) in [4.78, 5) is 16.7. The van der Waals surface area contributed by atoms with Gasteiger partial charge in [-0.3, -0.25) is 4.79 Å². The molecule has 21 heavy (non-hydrogen) atoms. The molecule has 0 amide bonds. The van der Waals surface area contributed by atoms with E-state index in [9.17, 15) is 14.3 Å². The van der Waals surface area contributed by atoms with Crippen molar-refractivity contribution in [1.29, 1.82) is 0 Å². The third-order valence-electron chi connectivity index (χ3n) is 3.66. The number of thiazole rings is 1. The summed E-state index contributed by atoms with van der Waals surface area (Å²) in [5, 5.41) is 13.1. The van der Waals surface area contributed by atoms with Crippen LogP contribution in [-0.4, -0.2) is 16.1 Å². The van der Waals surface area contributed by atoms with Crippen molar-refractivity contribution in [2.75, 3.05) is 5.32 Å². The number of aryl methyl sites for hydroxylation is 2. The summed E-state index contributed by atoms with van der Waals surface area (Å²) >= 11 is 1.48. The number of nitrogens with zero attached hydrogens (tertiary/aromatic N) is 1. The van der Waals surface area contributed by atoms with E-state index in [-0.39, 0.29) is 5.82 Å². The van der Waals surface area contributed by atoms with E-state index in [1.807, 2.05) is 0 Å². The topological polar surface area (TPSA) is 62.2 Å². The molecule has 3 rings (SSSR count). The number of anilines is 2. The summed E-state index contributed by atoms with van der Waals surface area (Å²) in [5.74, 6) is -1.56. The van der Waals surface area contributed by atoms with Gasteiger partial charge >= 0.3 is 5.97 Å². The van der Waals surface area contributed by atoms with Crippen molar-refractivity contribution in [3.8, 4) is 0 Å². The highest BCUT2D eigenvalue weighted by Crippen LogP contribution is 2.37. The van der Waals surface area contributed by atoms with Crippen LogP contribution in [0.1, 0.15) is 34.9 Å². The van der Waals surface area contributed by atoms with Crippen LogP contribution in [0.15, 0.2) is 18.2 Å². The van der Waals surface area contributed by atoms with Crippen molar-refractivity contribution < 1.29 is 14.3 Å². The number of carboxylic acids is 1. The van der Waals surface area contributed by atoms with E-state index in [0.29, 0.717) is 22.8 Å². The molecule has 0 fully saturated rings. The third kappa shape index (κ3) is 2.76. The number of nitrogens with one attached hydrogen (secondary N) is 1. The molecular weight excluding hydrogens is 291 g/mol. The van der Waals surface area contributed by atoms with Crippen molar-refractivity contribution in [2.45, 2.75) is 32.1 Å². The molecule has 2 N–H and O–H groups in total. The van der Waals surface area contributed by atoms with Crippen molar-refractivity contribution in [2.24, 2.45) is 0 Å². The monoisotopic (exact) mass is 306 g/mol. The lowest BCUT2D eigenvalue weighted by atomic mass is 9.91. The first-order chi connectivity index (χ1) is 10.0. The van der Waals surface area contributed by atoms with E-state index < -0.39 is 11.9 Å². The first-order valence-corrected chi connectivity index (χ1v) is 7.62. The molecule has 2 aromatic rings. The second kappa shape index (κ2) is 5.44. The number of rotatable bonds is 3. The fraction of sp³-hybridized carbons (Fsp3) is 0.333. The van der Waals surface area contributed by atoms with E-state index in [1.54, 1.807) is 19.1 Å². The van der Waals surface area contributed by atoms with Crippen LogP contribution in [-0.2, 0) is 11.2 Å². The molecule has 1 aliphatic carbocycles. The van der Waals surface area contributed by atoms with E-state index >= 15 is 0 Å². The van der Waals surface area contributed by atoms with Crippen molar-refractivity contribution in [1.82, 2.24) is 4.98 Å². The zero-order valence-electron chi connectivity index (χ0n) is 11.5. The number of carbonyl (C=O) groups is 1. The molecule has 0 saturated heterocycles. The Morgan fingerprint density at radius 2 is 2.33 bits per heavy atom. The van der Waals surface area contributed by atoms with Gasteiger partial charge in [0.1, 0.15) is 11.7 Å². The molecule has 1 heterocycles. The average molecular weight is 306 g/mol. The number of hydrogen-bond donors (Lipinski definition) is 2. The van der Waals surface area contributed by atoms with Crippen molar-refractivity contribution >= 4 is 28.1 Å². The van der Waals surface area contributed by atoms with E-state index in [4.69, 9.17) is 0 Å².